The van der Waals surface area contributed by atoms with E-state index in [0.717, 1.165) is 6.08 Å². The molecule has 0 radical (unpaired) electrons. The van der Waals surface area contributed by atoms with Crippen LogP contribution in [0.2, 0.25) is 0 Å². The summed E-state index contributed by atoms with van der Waals surface area (Å²) in [6.45, 7) is 0. The van der Waals surface area contributed by atoms with Crippen LogP contribution in [0.3, 0.4) is 0 Å². The van der Waals surface area contributed by atoms with E-state index in [9.17, 15) is 18.0 Å². The maximum absolute atomic E-state index is 11.8. The normalized spacial score (nSPS) is 12.7. The Hall–Kier alpha value is -1.77. The maximum Gasteiger partial charge on any atom is 0.454 e. The lowest BCUT2D eigenvalue weighted by Gasteiger charge is -2.03. The molecule has 0 aliphatic carbocycles. The number of hydrogen-bond acceptors (Lipinski definition) is 3. The summed E-state index contributed by atoms with van der Waals surface area (Å²) >= 11 is 0. The maximum atomic E-state index is 11.8. The first-order valence-corrected chi connectivity index (χ1v) is 3.85. The molecular formula is C9H9F3N2O. The highest BCUT2D eigenvalue weighted by Gasteiger charge is 2.35. The van der Waals surface area contributed by atoms with Crippen LogP contribution in [0, 0.1) is 11.3 Å². The highest BCUT2D eigenvalue weighted by Crippen LogP contribution is 2.16. The van der Waals surface area contributed by atoms with Crippen LogP contribution in [-0.4, -0.2) is 31.0 Å². The van der Waals surface area contributed by atoms with E-state index in [-0.39, 0.29) is 5.57 Å². The quantitative estimate of drug-likeness (QED) is 0.411. The van der Waals surface area contributed by atoms with Gasteiger partial charge in [0.1, 0.15) is 6.07 Å². The molecule has 0 aromatic carbocycles. The van der Waals surface area contributed by atoms with Crippen LogP contribution < -0.4 is 0 Å². The Morgan fingerprint density at radius 3 is 2.20 bits per heavy atom. The number of ketones is 1. The van der Waals surface area contributed by atoms with Crippen LogP contribution in [0.25, 0.3) is 0 Å². The van der Waals surface area contributed by atoms with Crippen molar-refractivity contribution in [2.24, 2.45) is 0 Å². The monoisotopic (exact) mass is 218 g/mol. The summed E-state index contributed by atoms with van der Waals surface area (Å²) in [6.07, 6.45) is -2.43. The second-order valence-corrected chi connectivity index (χ2v) is 2.86. The fourth-order valence-corrected chi connectivity index (χ4v) is 0.647. The lowest BCUT2D eigenvalue weighted by atomic mass is 10.2. The minimum absolute atomic E-state index is 0.0300. The first-order valence-electron chi connectivity index (χ1n) is 3.85. The summed E-state index contributed by atoms with van der Waals surface area (Å²) in [7, 11) is 3.22. The third kappa shape index (κ3) is 5.52. The molecule has 0 fully saturated rings. The van der Waals surface area contributed by atoms with Gasteiger partial charge >= 0.3 is 6.18 Å². The molecule has 0 amide bonds. The van der Waals surface area contributed by atoms with Crippen molar-refractivity contribution in [3.63, 3.8) is 0 Å². The fourth-order valence-electron chi connectivity index (χ4n) is 0.647. The average molecular weight is 218 g/mol. The molecule has 0 unspecified atom stereocenters. The van der Waals surface area contributed by atoms with E-state index in [1.807, 2.05) is 0 Å². The van der Waals surface area contributed by atoms with Gasteiger partial charge in [-0.05, 0) is 12.2 Å². The van der Waals surface area contributed by atoms with E-state index in [1.54, 1.807) is 20.2 Å². The summed E-state index contributed by atoms with van der Waals surface area (Å²) < 4.78 is 35.3. The van der Waals surface area contributed by atoms with Crippen molar-refractivity contribution >= 4 is 5.78 Å². The van der Waals surface area contributed by atoms with Crippen molar-refractivity contribution in [3.05, 3.63) is 23.9 Å². The molecule has 15 heavy (non-hydrogen) atoms. The Balaban J connectivity index is 4.67. The Morgan fingerprint density at radius 2 is 1.87 bits per heavy atom. The molecule has 0 aliphatic rings. The molecule has 0 rings (SSSR count). The third-order valence-corrected chi connectivity index (χ3v) is 1.22. The van der Waals surface area contributed by atoms with E-state index < -0.39 is 12.0 Å². The van der Waals surface area contributed by atoms with Crippen LogP contribution in [0.5, 0.6) is 0 Å². The molecule has 0 heterocycles. The topological polar surface area (TPSA) is 44.1 Å². The molecule has 0 atom stereocenters. The second kappa shape index (κ2) is 5.20. The van der Waals surface area contributed by atoms with Crippen molar-refractivity contribution in [3.8, 4) is 6.07 Å². The highest BCUT2D eigenvalue weighted by atomic mass is 19.4. The Kier molecular flexibility index (Phi) is 4.58. The predicted molar refractivity (Wildman–Crippen MR) is 47.6 cm³/mol. The number of nitriles is 1. The first kappa shape index (κ1) is 13.2. The highest BCUT2D eigenvalue weighted by molar-refractivity contribution is 5.94. The molecular weight excluding hydrogens is 209 g/mol. The van der Waals surface area contributed by atoms with Crippen molar-refractivity contribution in [2.45, 2.75) is 6.18 Å². The Morgan fingerprint density at radius 1 is 1.33 bits per heavy atom. The van der Waals surface area contributed by atoms with E-state index in [1.165, 1.54) is 11.1 Å². The van der Waals surface area contributed by atoms with Crippen LogP contribution in [0.1, 0.15) is 0 Å². The summed E-state index contributed by atoms with van der Waals surface area (Å²) in [4.78, 5) is 11.9. The zero-order valence-corrected chi connectivity index (χ0v) is 8.17. The van der Waals surface area contributed by atoms with Gasteiger partial charge in [0, 0.05) is 20.3 Å². The minimum atomic E-state index is -4.89. The van der Waals surface area contributed by atoms with Gasteiger partial charge in [-0.2, -0.15) is 18.4 Å². The number of halogens is 3. The van der Waals surface area contributed by atoms with Crippen LogP contribution in [0.15, 0.2) is 23.9 Å². The Labute approximate surface area is 85.1 Å². The summed E-state index contributed by atoms with van der Waals surface area (Å²) in [5.74, 6) is -1.98. The molecule has 0 aromatic rings. The molecule has 0 aliphatic heterocycles. The number of rotatable bonds is 3. The van der Waals surface area contributed by atoms with E-state index in [4.69, 9.17) is 5.26 Å². The lowest BCUT2D eigenvalue weighted by molar-refractivity contribution is -0.165. The summed E-state index contributed by atoms with van der Waals surface area (Å²) in [5.41, 5.74) is -0.0300. The van der Waals surface area contributed by atoms with Gasteiger partial charge in [-0.3, -0.25) is 4.79 Å². The molecule has 0 N–H and O–H groups in total. The third-order valence-electron chi connectivity index (χ3n) is 1.22. The van der Waals surface area contributed by atoms with Crippen LogP contribution >= 0.6 is 0 Å². The average Bonchev–Trinajstić information content (AvgIpc) is 2.09. The van der Waals surface area contributed by atoms with E-state index in [0.29, 0.717) is 6.08 Å². The van der Waals surface area contributed by atoms with E-state index >= 15 is 0 Å². The SMILES string of the molecule is CN(C)/C=C(C#N)\C=C\C(=O)C(F)(F)F. The van der Waals surface area contributed by atoms with Gasteiger partial charge in [0.25, 0.3) is 5.78 Å². The second-order valence-electron chi connectivity index (χ2n) is 2.86. The number of carbonyl (C=O) groups excluding carboxylic acids is 1. The zero-order chi connectivity index (χ0) is 12.1. The van der Waals surface area contributed by atoms with E-state index in [2.05, 4.69) is 0 Å². The summed E-state index contributed by atoms with van der Waals surface area (Å²) in [5, 5.41) is 8.50. The van der Waals surface area contributed by atoms with Crippen molar-refractivity contribution in [1.82, 2.24) is 4.90 Å². The molecule has 0 saturated carbocycles. The van der Waals surface area contributed by atoms with Gasteiger partial charge in [0.2, 0.25) is 0 Å². The molecule has 0 bridgehead atoms. The lowest BCUT2D eigenvalue weighted by Crippen LogP contribution is -2.19. The van der Waals surface area contributed by atoms with Crippen molar-refractivity contribution in [1.29, 1.82) is 5.26 Å². The fraction of sp³-hybridized carbons (Fsp3) is 0.333. The molecule has 6 heteroatoms. The molecule has 0 saturated heterocycles. The molecule has 0 spiro atoms. The summed E-state index contributed by atoms with van der Waals surface area (Å²) in [6, 6.07) is 1.65. The standard InChI is InChI=1S/C9H9F3N2O/c1-14(2)6-7(5-13)3-4-8(15)9(10,11)12/h3-4,6H,1-2H3/b4-3+,7-6+. The number of allylic oxidation sites excluding steroid dienone is 3. The van der Waals surface area contributed by atoms with Gasteiger partial charge in [0.05, 0.1) is 5.57 Å². The molecule has 82 valence electrons. The zero-order valence-electron chi connectivity index (χ0n) is 8.17. The number of alkyl halides is 3. The van der Waals surface area contributed by atoms with Crippen molar-refractivity contribution < 1.29 is 18.0 Å². The number of nitrogens with zero attached hydrogens (tertiary/aromatic N) is 2. The smallest absolute Gasteiger partial charge is 0.382 e. The number of carbonyl (C=O) groups is 1. The number of hydrogen-bond donors (Lipinski definition) is 0. The first-order chi connectivity index (χ1) is 6.77. The molecule has 3 nitrogen and oxygen atoms in total. The molecule has 0 aromatic heterocycles. The largest absolute Gasteiger partial charge is 0.454 e. The van der Waals surface area contributed by atoms with Crippen LogP contribution in [0.4, 0.5) is 13.2 Å². The van der Waals surface area contributed by atoms with Gasteiger partial charge in [-0.25, -0.2) is 0 Å². The van der Waals surface area contributed by atoms with Crippen LogP contribution in [-0.2, 0) is 4.79 Å². The van der Waals surface area contributed by atoms with Gasteiger partial charge in [0.15, 0.2) is 0 Å². The Bertz CT molecular complexity index is 334. The minimum Gasteiger partial charge on any atom is -0.382 e. The van der Waals surface area contributed by atoms with Gasteiger partial charge < -0.3 is 4.90 Å². The van der Waals surface area contributed by atoms with Crippen molar-refractivity contribution in [2.75, 3.05) is 14.1 Å². The van der Waals surface area contributed by atoms with Gasteiger partial charge in [-0.1, -0.05) is 0 Å². The van der Waals surface area contributed by atoms with Gasteiger partial charge in [-0.15, -0.1) is 0 Å². The predicted octanol–water partition coefficient (Wildman–Crippen LogP) is 1.64.